The van der Waals surface area contributed by atoms with E-state index in [1.807, 2.05) is 7.11 Å². The summed E-state index contributed by atoms with van der Waals surface area (Å²) in [5.41, 5.74) is 3.18. The molecular weight excluding hydrogens is 224 g/mol. The summed E-state index contributed by atoms with van der Waals surface area (Å²) < 4.78 is 5.70. The summed E-state index contributed by atoms with van der Waals surface area (Å²) in [5, 5.41) is 1.42. The molecule has 0 aromatic carbocycles. The SMILES string of the molecule is CC[Si](CC)(CNN1OCCCCO1)OC. The monoisotopic (exact) mass is 248 g/mol. The summed E-state index contributed by atoms with van der Waals surface area (Å²) in [6, 6.07) is 2.20. The first-order valence-electron chi connectivity index (χ1n) is 6.11. The van der Waals surface area contributed by atoms with Crippen molar-refractivity contribution < 1.29 is 14.1 Å². The van der Waals surface area contributed by atoms with Crippen molar-refractivity contribution in [1.29, 1.82) is 0 Å². The zero-order valence-electron chi connectivity index (χ0n) is 10.6. The van der Waals surface area contributed by atoms with Gasteiger partial charge in [-0.15, -0.1) is 0 Å². The summed E-state index contributed by atoms with van der Waals surface area (Å²) >= 11 is 0. The van der Waals surface area contributed by atoms with Crippen molar-refractivity contribution in [3.05, 3.63) is 0 Å². The summed E-state index contributed by atoms with van der Waals surface area (Å²) in [6.45, 7) is 5.80. The predicted molar refractivity (Wildman–Crippen MR) is 64.7 cm³/mol. The normalized spacial score (nSPS) is 19.7. The van der Waals surface area contributed by atoms with Crippen LogP contribution in [-0.4, -0.2) is 40.1 Å². The average molecular weight is 248 g/mol. The molecule has 0 aromatic heterocycles. The Hall–Kier alpha value is 0.0169. The third kappa shape index (κ3) is 4.12. The van der Waals surface area contributed by atoms with Gasteiger partial charge in [-0.1, -0.05) is 13.8 Å². The fraction of sp³-hybridized carbons (Fsp3) is 1.00. The first-order valence-corrected chi connectivity index (χ1v) is 8.64. The van der Waals surface area contributed by atoms with Crippen molar-refractivity contribution in [2.45, 2.75) is 38.8 Å². The number of nitrogens with zero attached hydrogens (tertiary/aromatic N) is 1. The molecule has 0 saturated carbocycles. The number of hydrazine groups is 1. The summed E-state index contributed by atoms with van der Waals surface area (Å²) in [4.78, 5) is 10.8. The minimum absolute atomic E-state index is 0.715. The van der Waals surface area contributed by atoms with E-state index in [1.54, 1.807) is 0 Å². The summed E-state index contributed by atoms with van der Waals surface area (Å²) in [5.74, 6) is 0. The van der Waals surface area contributed by atoms with Crippen molar-refractivity contribution in [3.8, 4) is 0 Å². The molecule has 1 N–H and O–H groups in total. The molecule has 0 aromatic rings. The van der Waals surface area contributed by atoms with E-state index in [2.05, 4.69) is 19.3 Å². The van der Waals surface area contributed by atoms with Crippen LogP contribution in [0.4, 0.5) is 0 Å². The highest BCUT2D eigenvalue weighted by Gasteiger charge is 2.30. The molecule has 96 valence electrons. The molecule has 0 aliphatic carbocycles. The lowest BCUT2D eigenvalue weighted by Crippen LogP contribution is -2.51. The predicted octanol–water partition coefficient (Wildman–Crippen LogP) is 1.62. The number of rotatable bonds is 6. The van der Waals surface area contributed by atoms with Gasteiger partial charge in [0, 0.05) is 18.6 Å². The van der Waals surface area contributed by atoms with Crippen LogP contribution in [0.3, 0.4) is 0 Å². The molecule has 0 spiro atoms. The molecule has 0 bridgehead atoms. The quantitative estimate of drug-likeness (QED) is 0.724. The topological polar surface area (TPSA) is 43.0 Å². The van der Waals surface area contributed by atoms with Gasteiger partial charge in [0.2, 0.25) is 8.32 Å². The molecule has 1 heterocycles. The van der Waals surface area contributed by atoms with Gasteiger partial charge in [-0.3, -0.25) is 9.68 Å². The van der Waals surface area contributed by atoms with Gasteiger partial charge in [-0.05, 0) is 24.9 Å². The second kappa shape index (κ2) is 7.36. The molecule has 6 heteroatoms. The zero-order chi connectivity index (χ0) is 11.9. The molecule has 1 aliphatic rings. The van der Waals surface area contributed by atoms with Crippen LogP contribution in [0.25, 0.3) is 0 Å². The van der Waals surface area contributed by atoms with Gasteiger partial charge in [-0.2, -0.15) is 0 Å². The van der Waals surface area contributed by atoms with E-state index in [4.69, 9.17) is 14.1 Å². The van der Waals surface area contributed by atoms with Gasteiger partial charge >= 0.3 is 0 Å². The van der Waals surface area contributed by atoms with Crippen molar-refractivity contribution in [2.24, 2.45) is 0 Å². The maximum Gasteiger partial charge on any atom is 0.206 e. The molecule has 0 amide bonds. The summed E-state index contributed by atoms with van der Waals surface area (Å²) in [7, 11) is 0.180. The van der Waals surface area contributed by atoms with Gasteiger partial charge in [0.15, 0.2) is 0 Å². The van der Waals surface area contributed by atoms with E-state index in [9.17, 15) is 0 Å². The van der Waals surface area contributed by atoms with Gasteiger partial charge in [0.25, 0.3) is 0 Å². The third-order valence-corrected chi connectivity index (χ3v) is 7.45. The fourth-order valence-electron chi connectivity index (χ4n) is 1.70. The van der Waals surface area contributed by atoms with E-state index < -0.39 is 8.32 Å². The van der Waals surface area contributed by atoms with Crippen LogP contribution in [0.2, 0.25) is 12.1 Å². The van der Waals surface area contributed by atoms with Crippen LogP contribution in [-0.2, 0) is 14.1 Å². The minimum Gasteiger partial charge on any atom is -0.419 e. The lowest BCUT2D eigenvalue weighted by molar-refractivity contribution is -0.387. The average Bonchev–Trinajstić information content (AvgIpc) is 2.60. The number of hydrogen-bond donors (Lipinski definition) is 1. The fourth-order valence-corrected chi connectivity index (χ4v) is 3.84. The first kappa shape index (κ1) is 14.1. The van der Waals surface area contributed by atoms with Crippen LogP contribution in [0.5, 0.6) is 0 Å². The Morgan fingerprint density at radius 1 is 1.19 bits per heavy atom. The number of hydrogen-bond acceptors (Lipinski definition) is 5. The lowest BCUT2D eigenvalue weighted by atomic mass is 10.3. The Labute approximate surface area is 99.1 Å². The first-order chi connectivity index (χ1) is 7.76. The Kier molecular flexibility index (Phi) is 6.48. The van der Waals surface area contributed by atoms with E-state index in [0.717, 1.165) is 31.1 Å². The van der Waals surface area contributed by atoms with Crippen molar-refractivity contribution in [3.63, 3.8) is 0 Å². The molecule has 1 saturated heterocycles. The molecule has 1 rings (SSSR count). The second-order valence-corrected chi connectivity index (χ2v) is 8.60. The van der Waals surface area contributed by atoms with E-state index in [0.29, 0.717) is 13.2 Å². The Bertz CT molecular complexity index is 175. The Balaban J connectivity index is 2.35. The maximum absolute atomic E-state index is 5.70. The van der Waals surface area contributed by atoms with E-state index in [1.165, 1.54) is 5.34 Å². The smallest absolute Gasteiger partial charge is 0.206 e. The van der Waals surface area contributed by atoms with Crippen LogP contribution < -0.4 is 5.43 Å². The largest absolute Gasteiger partial charge is 0.419 e. The third-order valence-electron chi connectivity index (χ3n) is 3.21. The Morgan fingerprint density at radius 2 is 1.75 bits per heavy atom. The maximum atomic E-state index is 5.70. The molecule has 0 unspecified atom stereocenters. The lowest BCUT2D eigenvalue weighted by Gasteiger charge is -2.29. The standard InChI is InChI=1S/C10H24N2O3Si/c1-4-16(5-2,13-3)10-11-12-14-8-6-7-9-15-12/h11H,4-10H2,1-3H3. The highest BCUT2D eigenvalue weighted by atomic mass is 28.4. The summed E-state index contributed by atoms with van der Waals surface area (Å²) in [6.07, 6.45) is 2.93. The zero-order valence-corrected chi connectivity index (χ0v) is 11.6. The van der Waals surface area contributed by atoms with Gasteiger partial charge < -0.3 is 4.43 Å². The van der Waals surface area contributed by atoms with Crippen LogP contribution >= 0.6 is 0 Å². The van der Waals surface area contributed by atoms with E-state index in [-0.39, 0.29) is 0 Å². The van der Waals surface area contributed by atoms with Gasteiger partial charge in [0.1, 0.15) is 0 Å². The minimum atomic E-state index is -1.63. The molecule has 0 atom stereocenters. The van der Waals surface area contributed by atoms with Gasteiger partial charge in [0.05, 0.1) is 13.2 Å². The highest BCUT2D eigenvalue weighted by molar-refractivity contribution is 6.73. The van der Waals surface area contributed by atoms with Crippen LogP contribution in [0.1, 0.15) is 26.7 Å². The molecule has 5 nitrogen and oxygen atoms in total. The van der Waals surface area contributed by atoms with E-state index >= 15 is 0 Å². The molecule has 16 heavy (non-hydrogen) atoms. The second-order valence-electron chi connectivity index (χ2n) is 4.06. The van der Waals surface area contributed by atoms with Crippen LogP contribution in [0, 0.1) is 0 Å². The van der Waals surface area contributed by atoms with Crippen molar-refractivity contribution >= 4 is 8.32 Å². The molecule has 1 aliphatic heterocycles. The van der Waals surface area contributed by atoms with Crippen LogP contribution in [0.15, 0.2) is 0 Å². The van der Waals surface area contributed by atoms with Gasteiger partial charge in [-0.25, -0.2) is 5.43 Å². The molecular formula is C10H24N2O3Si. The van der Waals surface area contributed by atoms with Crippen molar-refractivity contribution in [1.82, 2.24) is 10.8 Å². The van der Waals surface area contributed by atoms with Crippen molar-refractivity contribution in [2.75, 3.05) is 26.5 Å². The molecule has 1 fully saturated rings. The highest BCUT2D eigenvalue weighted by Crippen LogP contribution is 2.15. The number of nitrogens with one attached hydrogen (secondary N) is 1. The Morgan fingerprint density at radius 3 is 2.19 bits per heavy atom. The molecule has 0 radical (unpaired) electrons.